The van der Waals surface area contributed by atoms with E-state index < -0.39 is 0 Å². The highest BCUT2D eigenvalue weighted by Gasteiger charge is 2.23. The molecule has 174 valence electrons. The Morgan fingerprint density at radius 2 is 1.51 bits per heavy atom. The van der Waals surface area contributed by atoms with Crippen LogP contribution in [0.1, 0.15) is 11.1 Å². The summed E-state index contributed by atoms with van der Waals surface area (Å²) in [6.07, 6.45) is 1.63. The van der Waals surface area contributed by atoms with E-state index in [2.05, 4.69) is 27.0 Å². The Bertz CT molecular complexity index is 1450. The van der Waals surface area contributed by atoms with Gasteiger partial charge in [-0.3, -0.25) is 0 Å². The first-order chi connectivity index (χ1) is 17.1. The number of benzene rings is 3. The van der Waals surface area contributed by atoms with Crippen LogP contribution in [0, 0.1) is 11.3 Å². The van der Waals surface area contributed by atoms with E-state index in [1.165, 1.54) is 0 Å². The largest absolute Gasteiger partial charge is 0.497 e. The average molecular weight is 531 g/mol. The van der Waals surface area contributed by atoms with Crippen LogP contribution in [0.2, 0.25) is 0 Å². The number of methoxy groups -OCH3 is 2. The monoisotopic (exact) mass is 530 g/mol. The van der Waals surface area contributed by atoms with Crippen molar-refractivity contribution in [1.82, 2.24) is 0 Å². The first-order valence-electron chi connectivity index (χ1n) is 10.6. The maximum Gasteiger partial charge on any atom is 0.238 e. The van der Waals surface area contributed by atoms with Gasteiger partial charge in [0.25, 0.3) is 0 Å². The van der Waals surface area contributed by atoms with Gasteiger partial charge in [-0.2, -0.15) is 5.26 Å². The number of rotatable bonds is 6. The van der Waals surface area contributed by atoms with Gasteiger partial charge in [0.05, 0.1) is 14.2 Å². The molecule has 0 saturated carbocycles. The van der Waals surface area contributed by atoms with Gasteiger partial charge in [-0.15, -0.1) is 0 Å². The van der Waals surface area contributed by atoms with E-state index in [1.54, 1.807) is 20.4 Å². The summed E-state index contributed by atoms with van der Waals surface area (Å²) in [6, 6.07) is 20.8. The SMILES string of the molecule is COc1ccc(-c2oc(N=Cc3cc4c(cc3Br)OCO4)c(C#N)c2-c2ccc(OC)cc2)cc1. The predicted molar refractivity (Wildman–Crippen MR) is 135 cm³/mol. The lowest BCUT2D eigenvalue weighted by molar-refractivity contribution is 0.174. The molecule has 3 aromatic carbocycles. The molecule has 1 aromatic heterocycles. The Labute approximate surface area is 210 Å². The topological polar surface area (TPSA) is 86.2 Å². The Kier molecular flexibility index (Phi) is 6.17. The van der Waals surface area contributed by atoms with Crippen LogP contribution in [-0.2, 0) is 0 Å². The molecule has 8 heteroatoms. The van der Waals surface area contributed by atoms with Crippen LogP contribution in [0.5, 0.6) is 23.0 Å². The Morgan fingerprint density at radius 3 is 2.11 bits per heavy atom. The van der Waals surface area contributed by atoms with Gasteiger partial charge in [0.1, 0.15) is 28.9 Å². The molecule has 5 rings (SSSR count). The van der Waals surface area contributed by atoms with E-state index >= 15 is 0 Å². The summed E-state index contributed by atoms with van der Waals surface area (Å²) >= 11 is 3.53. The van der Waals surface area contributed by atoms with Crippen molar-refractivity contribution in [3.8, 4) is 51.5 Å². The normalized spacial score (nSPS) is 12.1. The summed E-state index contributed by atoms with van der Waals surface area (Å²) in [5.41, 5.74) is 3.33. The highest BCUT2D eigenvalue weighted by molar-refractivity contribution is 9.10. The highest BCUT2D eigenvalue weighted by atomic mass is 79.9. The number of ether oxygens (including phenoxy) is 4. The van der Waals surface area contributed by atoms with Crippen molar-refractivity contribution in [2.24, 2.45) is 4.99 Å². The number of nitrogens with zero attached hydrogens (tertiary/aromatic N) is 2. The molecule has 0 bridgehead atoms. The lowest BCUT2D eigenvalue weighted by Gasteiger charge is -2.06. The zero-order chi connectivity index (χ0) is 24.4. The van der Waals surface area contributed by atoms with Gasteiger partial charge in [0.15, 0.2) is 11.5 Å². The lowest BCUT2D eigenvalue weighted by Crippen LogP contribution is -1.92. The second kappa shape index (κ2) is 9.57. The standard InChI is InChI=1S/C27H19BrN2O5/c1-31-19-7-3-16(4-8-19)25-21(13-29)27(35-26(25)17-5-9-20(32-2)10-6-17)30-14-18-11-23-24(12-22(18)28)34-15-33-23/h3-12,14H,15H2,1-2H3. The van der Waals surface area contributed by atoms with Crippen LogP contribution in [0.15, 0.2) is 74.5 Å². The minimum atomic E-state index is 0.176. The fourth-order valence-electron chi connectivity index (χ4n) is 3.75. The molecule has 0 spiro atoms. The fraction of sp³-hybridized carbons (Fsp3) is 0.111. The van der Waals surface area contributed by atoms with E-state index in [9.17, 15) is 5.26 Å². The Hall–Kier alpha value is -4.22. The van der Waals surface area contributed by atoms with E-state index in [1.807, 2.05) is 60.7 Å². The van der Waals surface area contributed by atoms with Gasteiger partial charge in [-0.1, -0.05) is 12.1 Å². The van der Waals surface area contributed by atoms with Crippen molar-refractivity contribution in [3.63, 3.8) is 0 Å². The van der Waals surface area contributed by atoms with Crippen molar-refractivity contribution in [1.29, 1.82) is 5.26 Å². The quantitative estimate of drug-likeness (QED) is 0.256. The van der Waals surface area contributed by atoms with E-state index in [4.69, 9.17) is 23.4 Å². The first-order valence-corrected chi connectivity index (χ1v) is 11.4. The van der Waals surface area contributed by atoms with E-state index in [0.717, 1.165) is 26.9 Å². The molecule has 35 heavy (non-hydrogen) atoms. The third kappa shape index (κ3) is 4.34. The number of furan rings is 1. The van der Waals surface area contributed by atoms with E-state index in [-0.39, 0.29) is 12.7 Å². The molecular formula is C27H19BrN2O5. The molecule has 1 aliphatic heterocycles. The summed E-state index contributed by atoms with van der Waals surface area (Å²) in [6.45, 7) is 0.176. The fourth-order valence-corrected chi connectivity index (χ4v) is 4.18. The summed E-state index contributed by atoms with van der Waals surface area (Å²) in [4.78, 5) is 4.54. The van der Waals surface area contributed by atoms with Crippen LogP contribution < -0.4 is 18.9 Å². The number of aliphatic imine (C=N–C) groups is 1. The number of nitriles is 1. The van der Waals surface area contributed by atoms with Gasteiger partial charge in [-0.05, 0) is 70.0 Å². The smallest absolute Gasteiger partial charge is 0.238 e. The lowest BCUT2D eigenvalue weighted by atomic mass is 9.98. The van der Waals surface area contributed by atoms with Crippen LogP contribution >= 0.6 is 15.9 Å². The van der Waals surface area contributed by atoms with Gasteiger partial charge in [0.2, 0.25) is 12.7 Å². The summed E-state index contributed by atoms with van der Waals surface area (Å²) in [7, 11) is 3.22. The second-order valence-electron chi connectivity index (χ2n) is 7.54. The van der Waals surface area contributed by atoms with Crippen molar-refractivity contribution < 1.29 is 23.4 Å². The van der Waals surface area contributed by atoms with Crippen molar-refractivity contribution in [3.05, 3.63) is 76.3 Å². The first kappa shape index (κ1) is 22.6. The maximum atomic E-state index is 10.1. The molecule has 0 aliphatic carbocycles. The molecule has 0 atom stereocenters. The molecule has 2 heterocycles. The zero-order valence-electron chi connectivity index (χ0n) is 18.9. The molecule has 0 unspecified atom stereocenters. The minimum absolute atomic E-state index is 0.176. The third-order valence-corrected chi connectivity index (χ3v) is 6.23. The molecule has 0 amide bonds. The predicted octanol–water partition coefficient (Wildman–Crippen LogP) is 6.74. The summed E-state index contributed by atoms with van der Waals surface area (Å²) in [5.74, 6) is 3.46. The zero-order valence-corrected chi connectivity index (χ0v) is 20.5. The van der Waals surface area contributed by atoms with Crippen molar-refractivity contribution in [2.75, 3.05) is 21.0 Å². The number of halogens is 1. The van der Waals surface area contributed by atoms with Crippen molar-refractivity contribution >= 4 is 28.0 Å². The van der Waals surface area contributed by atoms with Gasteiger partial charge < -0.3 is 23.4 Å². The number of hydrogen-bond donors (Lipinski definition) is 0. The van der Waals surface area contributed by atoms with Crippen LogP contribution in [0.3, 0.4) is 0 Å². The number of hydrogen-bond acceptors (Lipinski definition) is 7. The van der Waals surface area contributed by atoms with Crippen molar-refractivity contribution in [2.45, 2.75) is 0 Å². The molecule has 0 N–H and O–H groups in total. The molecule has 1 aliphatic rings. The summed E-state index contributed by atoms with van der Waals surface area (Å²) in [5, 5.41) is 10.1. The molecule has 4 aromatic rings. The van der Waals surface area contributed by atoms with Crippen LogP contribution in [-0.4, -0.2) is 27.2 Å². The maximum absolute atomic E-state index is 10.1. The van der Waals surface area contributed by atoms with E-state index in [0.29, 0.717) is 34.1 Å². The molecule has 0 fully saturated rings. The molecular weight excluding hydrogens is 512 g/mol. The molecule has 7 nitrogen and oxygen atoms in total. The second-order valence-corrected chi connectivity index (χ2v) is 8.39. The third-order valence-electron chi connectivity index (χ3n) is 5.55. The van der Waals surface area contributed by atoms with Crippen LogP contribution in [0.25, 0.3) is 22.5 Å². The highest BCUT2D eigenvalue weighted by Crippen LogP contribution is 2.43. The Morgan fingerprint density at radius 1 is 0.914 bits per heavy atom. The molecule has 0 radical (unpaired) electrons. The van der Waals surface area contributed by atoms with Gasteiger partial charge >= 0.3 is 0 Å². The minimum Gasteiger partial charge on any atom is -0.497 e. The van der Waals surface area contributed by atoms with Gasteiger partial charge in [0, 0.05) is 27.4 Å². The Balaban J connectivity index is 1.63. The molecule has 0 saturated heterocycles. The average Bonchev–Trinajstić information content (AvgIpc) is 3.51. The van der Waals surface area contributed by atoms with Crippen LogP contribution in [0.4, 0.5) is 5.88 Å². The van der Waals surface area contributed by atoms with Gasteiger partial charge in [-0.25, -0.2) is 4.99 Å². The summed E-state index contributed by atoms with van der Waals surface area (Å²) < 4.78 is 28.4. The number of fused-ring (bicyclic) bond motifs is 1.